The SMILES string of the molecule is Cc1cc(C)cc(N(CC(=O)N(Cc2ccc(Cl)c(Cl)c2)C(C)C(=O)NC2CCCCC2)S(=O)(=O)c2ccccc2)c1. The lowest BCUT2D eigenvalue weighted by atomic mass is 9.95. The maximum absolute atomic E-state index is 14.1. The Bertz CT molecular complexity index is 1510. The summed E-state index contributed by atoms with van der Waals surface area (Å²) in [5, 5.41) is 3.80. The molecule has 2 amide bonds. The molecule has 3 aromatic rings. The lowest BCUT2D eigenvalue weighted by molar-refractivity contribution is -0.139. The van der Waals surface area contributed by atoms with Crippen LogP contribution in [-0.4, -0.2) is 43.8 Å². The monoisotopic (exact) mass is 629 g/mol. The van der Waals surface area contributed by atoms with Crippen LogP contribution >= 0.6 is 23.2 Å². The molecule has 42 heavy (non-hydrogen) atoms. The number of anilines is 1. The number of nitrogens with one attached hydrogen (secondary N) is 1. The molecule has 0 spiro atoms. The van der Waals surface area contributed by atoms with Crippen LogP contribution in [-0.2, 0) is 26.2 Å². The maximum atomic E-state index is 14.1. The molecular formula is C32H37Cl2N3O4S. The van der Waals surface area contributed by atoms with Gasteiger partial charge in [0.1, 0.15) is 12.6 Å². The van der Waals surface area contributed by atoms with Gasteiger partial charge < -0.3 is 10.2 Å². The zero-order valence-electron chi connectivity index (χ0n) is 24.1. The summed E-state index contributed by atoms with van der Waals surface area (Å²) >= 11 is 12.4. The van der Waals surface area contributed by atoms with E-state index >= 15 is 0 Å². The van der Waals surface area contributed by atoms with Gasteiger partial charge in [-0.25, -0.2) is 8.42 Å². The number of carbonyl (C=O) groups excluding carboxylic acids is 2. The molecule has 224 valence electrons. The van der Waals surface area contributed by atoms with Gasteiger partial charge in [0.25, 0.3) is 10.0 Å². The van der Waals surface area contributed by atoms with Gasteiger partial charge in [-0.1, -0.05) is 72.8 Å². The molecule has 0 saturated heterocycles. The Morgan fingerprint density at radius 2 is 1.55 bits per heavy atom. The first-order valence-electron chi connectivity index (χ1n) is 14.2. The predicted molar refractivity (Wildman–Crippen MR) is 168 cm³/mol. The molecule has 4 rings (SSSR count). The third kappa shape index (κ3) is 7.85. The highest BCUT2D eigenvalue weighted by atomic mass is 35.5. The van der Waals surface area contributed by atoms with E-state index in [1.54, 1.807) is 55.5 Å². The van der Waals surface area contributed by atoms with Crippen molar-refractivity contribution in [2.24, 2.45) is 0 Å². The molecule has 0 bridgehead atoms. The van der Waals surface area contributed by atoms with Gasteiger partial charge in [0.2, 0.25) is 11.8 Å². The zero-order valence-corrected chi connectivity index (χ0v) is 26.5. The van der Waals surface area contributed by atoms with Crippen molar-refractivity contribution in [3.8, 4) is 0 Å². The van der Waals surface area contributed by atoms with Crippen LogP contribution in [0.3, 0.4) is 0 Å². The third-order valence-electron chi connectivity index (χ3n) is 7.56. The number of benzene rings is 3. The van der Waals surface area contributed by atoms with Crippen molar-refractivity contribution in [1.29, 1.82) is 0 Å². The molecule has 0 aliphatic heterocycles. The van der Waals surface area contributed by atoms with Crippen molar-refractivity contribution in [3.63, 3.8) is 0 Å². The van der Waals surface area contributed by atoms with E-state index in [2.05, 4.69) is 5.32 Å². The van der Waals surface area contributed by atoms with Crippen LogP contribution in [0.4, 0.5) is 5.69 Å². The fourth-order valence-electron chi connectivity index (χ4n) is 5.33. The summed E-state index contributed by atoms with van der Waals surface area (Å²) in [6, 6.07) is 17.7. The largest absolute Gasteiger partial charge is 0.352 e. The number of hydrogen-bond donors (Lipinski definition) is 1. The van der Waals surface area contributed by atoms with E-state index in [9.17, 15) is 18.0 Å². The van der Waals surface area contributed by atoms with Gasteiger partial charge >= 0.3 is 0 Å². The summed E-state index contributed by atoms with van der Waals surface area (Å²) in [6.45, 7) is 4.96. The van der Waals surface area contributed by atoms with Crippen LogP contribution in [0.15, 0.2) is 71.6 Å². The van der Waals surface area contributed by atoms with Crippen LogP contribution in [0.25, 0.3) is 0 Å². The molecule has 1 aliphatic rings. The summed E-state index contributed by atoms with van der Waals surface area (Å²) in [7, 11) is -4.12. The van der Waals surface area contributed by atoms with E-state index in [1.807, 2.05) is 19.9 Å². The average molecular weight is 631 g/mol. The van der Waals surface area contributed by atoms with Gasteiger partial charge in [0.15, 0.2) is 0 Å². The van der Waals surface area contributed by atoms with Gasteiger partial charge in [-0.15, -0.1) is 0 Å². The van der Waals surface area contributed by atoms with E-state index in [0.717, 1.165) is 47.5 Å². The number of carbonyl (C=O) groups is 2. The van der Waals surface area contributed by atoms with E-state index < -0.39 is 28.5 Å². The number of sulfonamides is 1. The van der Waals surface area contributed by atoms with Crippen LogP contribution in [0.5, 0.6) is 0 Å². The summed E-state index contributed by atoms with van der Waals surface area (Å²) < 4.78 is 29.1. The summed E-state index contributed by atoms with van der Waals surface area (Å²) in [5.74, 6) is -0.801. The second-order valence-electron chi connectivity index (χ2n) is 11.0. The summed E-state index contributed by atoms with van der Waals surface area (Å²) in [4.78, 5) is 29.1. The van der Waals surface area contributed by atoms with Crippen LogP contribution in [0, 0.1) is 13.8 Å². The Morgan fingerprint density at radius 3 is 2.17 bits per heavy atom. The lowest BCUT2D eigenvalue weighted by Crippen LogP contribution is -2.53. The number of rotatable bonds is 10. The third-order valence-corrected chi connectivity index (χ3v) is 10.1. The van der Waals surface area contributed by atoms with Crippen LogP contribution in [0.1, 0.15) is 55.7 Å². The fraction of sp³-hybridized carbons (Fsp3) is 0.375. The van der Waals surface area contributed by atoms with Crippen molar-refractivity contribution >= 4 is 50.7 Å². The average Bonchev–Trinajstić information content (AvgIpc) is 2.96. The Kier molecular flexibility index (Phi) is 10.6. The Labute approximate surface area is 258 Å². The van der Waals surface area contributed by atoms with Gasteiger partial charge in [0.05, 0.1) is 20.6 Å². The highest BCUT2D eigenvalue weighted by Gasteiger charge is 2.33. The Morgan fingerprint density at radius 1 is 0.905 bits per heavy atom. The second kappa shape index (κ2) is 13.9. The van der Waals surface area contributed by atoms with Crippen LogP contribution in [0.2, 0.25) is 10.0 Å². The maximum Gasteiger partial charge on any atom is 0.264 e. The van der Waals surface area contributed by atoms with Crippen LogP contribution < -0.4 is 9.62 Å². The smallest absolute Gasteiger partial charge is 0.264 e. The number of amides is 2. The number of hydrogen-bond acceptors (Lipinski definition) is 4. The molecule has 3 aromatic carbocycles. The molecule has 0 radical (unpaired) electrons. The van der Waals surface area contributed by atoms with Crippen molar-refractivity contribution in [2.75, 3.05) is 10.8 Å². The molecular weight excluding hydrogens is 593 g/mol. The first-order valence-corrected chi connectivity index (χ1v) is 16.3. The minimum absolute atomic E-state index is 0.0427. The quantitative estimate of drug-likeness (QED) is 0.271. The van der Waals surface area contributed by atoms with E-state index in [4.69, 9.17) is 23.2 Å². The molecule has 7 nitrogen and oxygen atoms in total. The first-order chi connectivity index (χ1) is 20.0. The lowest BCUT2D eigenvalue weighted by Gasteiger charge is -2.33. The molecule has 1 aliphatic carbocycles. The fourth-order valence-corrected chi connectivity index (χ4v) is 7.07. The molecule has 1 N–H and O–H groups in total. The number of halogens is 2. The standard InChI is InChI=1S/C32H37Cl2N3O4S/c1-22-16-23(2)18-27(17-22)37(42(40,41)28-12-8-5-9-13-28)21-31(38)36(20-25-14-15-29(33)30(34)19-25)24(3)32(39)35-26-10-6-4-7-11-26/h5,8-9,12-19,24,26H,4,6-7,10-11,20-21H2,1-3H3,(H,35,39). The molecule has 1 atom stereocenters. The molecule has 1 saturated carbocycles. The highest BCUT2D eigenvalue weighted by Crippen LogP contribution is 2.28. The van der Waals surface area contributed by atoms with E-state index in [0.29, 0.717) is 21.3 Å². The Balaban J connectivity index is 1.70. The number of nitrogens with zero attached hydrogens (tertiary/aromatic N) is 2. The van der Waals surface area contributed by atoms with Gasteiger partial charge in [-0.2, -0.15) is 0 Å². The normalized spacial score (nSPS) is 14.7. The minimum Gasteiger partial charge on any atom is -0.352 e. The second-order valence-corrected chi connectivity index (χ2v) is 13.6. The van der Waals surface area contributed by atoms with Crippen molar-refractivity contribution in [3.05, 3.63) is 93.5 Å². The minimum atomic E-state index is -4.12. The van der Waals surface area contributed by atoms with E-state index in [-0.39, 0.29) is 23.4 Å². The van der Waals surface area contributed by atoms with Gasteiger partial charge in [-0.3, -0.25) is 13.9 Å². The molecule has 1 fully saturated rings. The topological polar surface area (TPSA) is 86.8 Å². The highest BCUT2D eigenvalue weighted by molar-refractivity contribution is 7.92. The summed E-state index contributed by atoms with van der Waals surface area (Å²) in [5.41, 5.74) is 2.76. The predicted octanol–water partition coefficient (Wildman–Crippen LogP) is 6.67. The zero-order chi connectivity index (χ0) is 30.4. The Hall–Kier alpha value is -3.07. The van der Waals surface area contributed by atoms with Gasteiger partial charge in [0, 0.05) is 12.6 Å². The number of aryl methyl sites for hydroxylation is 2. The molecule has 1 unspecified atom stereocenters. The van der Waals surface area contributed by atoms with E-state index in [1.165, 1.54) is 17.0 Å². The summed E-state index contributed by atoms with van der Waals surface area (Å²) in [6.07, 6.45) is 5.04. The molecule has 0 aromatic heterocycles. The molecule has 10 heteroatoms. The molecule has 0 heterocycles. The van der Waals surface area contributed by atoms with Gasteiger partial charge in [-0.05, 0) is 86.7 Å². The van der Waals surface area contributed by atoms with Crippen molar-refractivity contribution in [1.82, 2.24) is 10.2 Å². The van der Waals surface area contributed by atoms with Crippen molar-refractivity contribution in [2.45, 2.75) is 76.4 Å². The first kappa shape index (κ1) is 31.9. The van der Waals surface area contributed by atoms with Crippen molar-refractivity contribution < 1.29 is 18.0 Å².